The zero-order valence-corrected chi connectivity index (χ0v) is 17.0. The largest absolute Gasteiger partial charge is 0.349 e. The molecule has 0 spiro atoms. The Morgan fingerprint density at radius 3 is 2.75 bits per heavy atom. The Kier molecular flexibility index (Phi) is 4.48. The van der Waals surface area contributed by atoms with E-state index >= 15 is 0 Å². The molecule has 0 aromatic heterocycles. The van der Waals surface area contributed by atoms with Crippen molar-refractivity contribution in [3.8, 4) is 0 Å². The fourth-order valence-corrected chi connectivity index (χ4v) is 3.51. The average molecular weight is 466 g/mol. The summed E-state index contributed by atoms with van der Waals surface area (Å²) in [5, 5.41) is 1.90. The normalized spacial score (nSPS) is 25.8. The van der Waals surface area contributed by atoms with Crippen LogP contribution in [0.3, 0.4) is 0 Å². The maximum absolute atomic E-state index is 14.7. The Hall–Kier alpha value is -3.33. The van der Waals surface area contributed by atoms with Crippen LogP contribution in [0.15, 0.2) is 42.5 Å². The summed E-state index contributed by atoms with van der Waals surface area (Å²) in [4.78, 5) is 50.1. The molecule has 3 atom stereocenters. The predicted molar refractivity (Wildman–Crippen MR) is 110 cm³/mol. The lowest BCUT2D eigenvalue weighted by Crippen LogP contribution is -2.52. The van der Waals surface area contributed by atoms with Crippen molar-refractivity contribution in [2.45, 2.75) is 37.8 Å². The molecule has 2 N–H and O–H groups in total. The Morgan fingerprint density at radius 2 is 2.03 bits per heavy atom. The topological polar surface area (TPSA) is 95.6 Å². The van der Waals surface area contributed by atoms with Crippen LogP contribution in [0, 0.1) is 0 Å². The number of carbonyl (C=O) groups excluding carboxylic acids is 4. The molecule has 1 fully saturated rings. The molecular formula is C22H18ClF2N3O4. The van der Waals surface area contributed by atoms with Crippen LogP contribution in [-0.2, 0) is 33.4 Å². The fourth-order valence-electron chi connectivity index (χ4n) is 3.39. The van der Waals surface area contributed by atoms with E-state index in [0.717, 1.165) is 29.2 Å². The molecule has 2 heterocycles. The first-order chi connectivity index (χ1) is 16.8. The highest BCUT2D eigenvalue weighted by Gasteiger charge is 2.41. The van der Waals surface area contributed by atoms with E-state index in [1.54, 1.807) is 0 Å². The number of piperidine rings is 1. The van der Waals surface area contributed by atoms with Crippen LogP contribution in [0.2, 0.25) is 6.43 Å². The van der Waals surface area contributed by atoms with Gasteiger partial charge in [-0.15, -0.1) is 0 Å². The van der Waals surface area contributed by atoms with E-state index in [9.17, 15) is 28.0 Å². The second-order valence-corrected chi connectivity index (χ2v) is 7.56. The quantitative estimate of drug-likeness (QED) is 0.663. The maximum Gasteiger partial charge on any atom is 0.349 e. The summed E-state index contributed by atoms with van der Waals surface area (Å²) in [7, 11) is 0. The molecule has 1 saturated heterocycles. The van der Waals surface area contributed by atoms with E-state index in [-0.39, 0.29) is 33.6 Å². The van der Waals surface area contributed by atoms with Crippen molar-refractivity contribution in [1.29, 1.82) is 0 Å². The second-order valence-electron chi connectivity index (χ2n) is 7.13. The number of imide groups is 1. The smallest absolute Gasteiger partial charge is 0.346 e. The summed E-state index contributed by atoms with van der Waals surface area (Å²) >= 11 is 5.69. The molecule has 2 aromatic carbocycles. The summed E-state index contributed by atoms with van der Waals surface area (Å²) < 4.78 is 61.7. The van der Waals surface area contributed by atoms with Crippen molar-refractivity contribution in [3.63, 3.8) is 0 Å². The minimum Gasteiger partial charge on any atom is -0.346 e. The standard InChI is InChI=1S/C22H18ClF2N3O4/c23-15-4-2-14(3-5-15)22(24,25)21(32)26-10-12-1-6-16-13(9-12)11-28(20(16)31)17-7-8-18(29)27-19(17)30/h1-6,9,17H,7-8,10-11H2,(H,26,32)(H,27,29,30)/i8D,10D,17D/hD. The Labute approximate surface area is 192 Å². The predicted octanol–water partition coefficient (Wildman–Crippen LogP) is 2.51. The first-order valence-corrected chi connectivity index (χ1v) is 9.76. The molecular weight excluding hydrogens is 444 g/mol. The van der Waals surface area contributed by atoms with E-state index in [1.165, 1.54) is 18.2 Å². The summed E-state index contributed by atoms with van der Waals surface area (Å²) in [6.45, 7) is -2.18. The van der Waals surface area contributed by atoms with Gasteiger partial charge in [0, 0.05) is 37.0 Å². The van der Waals surface area contributed by atoms with Crippen LogP contribution in [0.1, 0.15) is 44.0 Å². The van der Waals surface area contributed by atoms with E-state index < -0.39 is 60.5 Å². The molecule has 4 amide bonds. The number of rotatable bonds is 5. The van der Waals surface area contributed by atoms with Crippen LogP contribution in [0.25, 0.3) is 0 Å². The lowest BCUT2D eigenvalue weighted by Gasteiger charge is -2.29. The van der Waals surface area contributed by atoms with Crippen LogP contribution >= 0.6 is 11.6 Å². The van der Waals surface area contributed by atoms with Crippen molar-refractivity contribution in [1.82, 2.24) is 15.5 Å². The molecule has 2 aromatic rings. The van der Waals surface area contributed by atoms with Gasteiger partial charge >= 0.3 is 5.92 Å². The first-order valence-electron chi connectivity index (χ1n) is 11.5. The lowest BCUT2D eigenvalue weighted by atomic mass is 10.0. The number of hydrogen-bond donors (Lipinski definition) is 2. The van der Waals surface area contributed by atoms with E-state index in [0.29, 0.717) is 0 Å². The first kappa shape index (κ1) is 17.3. The maximum atomic E-state index is 14.7. The van der Waals surface area contributed by atoms with Crippen molar-refractivity contribution < 1.29 is 33.5 Å². The number of fused-ring (bicyclic) bond motifs is 1. The monoisotopic (exact) mass is 465 g/mol. The third-order valence-electron chi connectivity index (χ3n) is 5.05. The van der Waals surface area contributed by atoms with Gasteiger partial charge in [0.05, 0.1) is 2.74 Å². The van der Waals surface area contributed by atoms with Gasteiger partial charge in [0.2, 0.25) is 11.8 Å². The van der Waals surface area contributed by atoms with E-state index in [2.05, 4.69) is 0 Å². The summed E-state index contributed by atoms with van der Waals surface area (Å²) in [6.07, 6.45) is -1.98. The van der Waals surface area contributed by atoms with Crippen molar-refractivity contribution in [2.75, 3.05) is 0 Å². The van der Waals surface area contributed by atoms with E-state index in [4.69, 9.17) is 17.1 Å². The van der Waals surface area contributed by atoms with Crippen LogP contribution < -0.4 is 10.6 Å². The van der Waals surface area contributed by atoms with Gasteiger partial charge < -0.3 is 10.2 Å². The molecule has 2 aliphatic heterocycles. The molecule has 32 heavy (non-hydrogen) atoms. The molecule has 0 radical (unpaired) electrons. The third kappa shape index (κ3) is 4.08. The van der Waals surface area contributed by atoms with Crippen LogP contribution in [0.4, 0.5) is 8.78 Å². The van der Waals surface area contributed by atoms with Crippen LogP contribution in [0.5, 0.6) is 0 Å². The van der Waals surface area contributed by atoms with Gasteiger partial charge in [0.25, 0.3) is 11.8 Å². The number of hydrogen-bond acceptors (Lipinski definition) is 4. The SMILES string of the molecule is [2H]C1CC([2H])(N2Cc3cc(C([2H])N([2H])C(=O)C(F)(F)c4ccc(Cl)cc4)ccc3C2=O)C(=O)NC1=O. The third-order valence-corrected chi connectivity index (χ3v) is 5.30. The number of amides is 4. The number of alkyl halides is 2. The summed E-state index contributed by atoms with van der Waals surface area (Å²) in [5.41, 5.74) is -0.454. The molecule has 10 heteroatoms. The van der Waals surface area contributed by atoms with Gasteiger partial charge in [-0.3, -0.25) is 24.5 Å². The number of nitrogens with one attached hydrogen (secondary N) is 2. The molecule has 7 nitrogen and oxygen atoms in total. The average Bonchev–Trinajstić information content (AvgIpc) is 3.18. The van der Waals surface area contributed by atoms with Crippen molar-refractivity contribution in [3.05, 3.63) is 69.7 Å². The van der Waals surface area contributed by atoms with Crippen molar-refractivity contribution >= 4 is 35.2 Å². The molecule has 4 rings (SSSR count). The zero-order valence-electron chi connectivity index (χ0n) is 20.3. The van der Waals surface area contributed by atoms with Gasteiger partial charge in [-0.25, -0.2) is 0 Å². The number of carbonyl (C=O) groups is 4. The summed E-state index contributed by atoms with van der Waals surface area (Å²) in [5.74, 6) is -8.70. The van der Waals surface area contributed by atoms with Gasteiger partial charge in [0.1, 0.15) is 6.02 Å². The Bertz CT molecular complexity index is 1280. The highest BCUT2D eigenvalue weighted by molar-refractivity contribution is 6.30. The zero-order chi connectivity index (χ0) is 26.6. The lowest BCUT2D eigenvalue weighted by molar-refractivity contribution is -0.147. The van der Waals surface area contributed by atoms with Crippen molar-refractivity contribution in [2.24, 2.45) is 0 Å². The highest BCUT2D eigenvalue weighted by atomic mass is 35.5. The number of nitrogens with zero attached hydrogens (tertiary/aromatic N) is 1. The molecule has 0 aliphatic carbocycles. The van der Waals surface area contributed by atoms with Gasteiger partial charge in [0.15, 0.2) is 1.41 Å². The molecule has 0 bridgehead atoms. The Morgan fingerprint density at radius 1 is 1.31 bits per heavy atom. The van der Waals surface area contributed by atoms with Gasteiger partial charge in [-0.2, -0.15) is 8.78 Å². The molecule has 0 saturated carbocycles. The molecule has 3 unspecified atom stereocenters. The number of halogens is 3. The van der Waals surface area contributed by atoms with E-state index in [1.807, 2.05) is 5.32 Å². The fraction of sp³-hybridized carbons (Fsp3) is 0.273. The summed E-state index contributed by atoms with van der Waals surface area (Å²) in [6, 6.07) is 5.70. The Balaban J connectivity index is 1.56. The highest BCUT2D eigenvalue weighted by Crippen LogP contribution is 2.30. The number of benzene rings is 2. The van der Waals surface area contributed by atoms with Crippen LogP contribution in [-0.4, -0.2) is 34.5 Å². The minimum atomic E-state index is -4.11. The molecule has 2 aliphatic rings. The van der Waals surface area contributed by atoms with Gasteiger partial charge in [-0.05, 0) is 35.7 Å². The minimum absolute atomic E-state index is 0.0562. The molecule has 166 valence electrons. The van der Waals surface area contributed by atoms with Gasteiger partial charge in [-0.1, -0.05) is 35.9 Å². The second kappa shape index (κ2) is 8.31.